The van der Waals surface area contributed by atoms with Crippen molar-refractivity contribution in [3.63, 3.8) is 0 Å². The number of halogens is 1. The Kier molecular flexibility index (Phi) is 3.13. The predicted molar refractivity (Wildman–Crippen MR) is 82.9 cm³/mol. The molecule has 0 aliphatic carbocycles. The summed E-state index contributed by atoms with van der Waals surface area (Å²) in [5.74, 6) is 0.0593. The fourth-order valence-corrected chi connectivity index (χ4v) is 3.22. The second-order valence-electron chi connectivity index (χ2n) is 5.31. The summed E-state index contributed by atoms with van der Waals surface area (Å²) in [5, 5.41) is 0. The normalized spacial score (nSPS) is 20.9. The minimum atomic E-state index is -0.261. The molecule has 0 N–H and O–H groups in total. The summed E-state index contributed by atoms with van der Waals surface area (Å²) in [4.78, 5) is 18.3. The second-order valence-corrected chi connectivity index (χ2v) is 6.23. The highest BCUT2D eigenvalue weighted by Crippen LogP contribution is 2.45. The maximum Gasteiger partial charge on any atom is 0.223 e. The first-order valence-corrected chi connectivity index (χ1v) is 7.31. The van der Waals surface area contributed by atoms with Crippen molar-refractivity contribution in [2.75, 3.05) is 11.4 Å². The van der Waals surface area contributed by atoms with Gasteiger partial charge in [-0.1, -0.05) is 28.1 Å². The van der Waals surface area contributed by atoms with E-state index in [4.69, 9.17) is 0 Å². The fraction of sp³-hybridized carbons (Fsp3) is 0.250. The van der Waals surface area contributed by atoms with Crippen LogP contribution in [0.5, 0.6) is 0 Å². The first kappa shape index (κ1) is 13.3. The maximum atomic E-state index is 11.9. The van der Waals surface area contributed by atoms with Gasteiger partial charge in [0.1, 0.15) is 0 Å². The molecule has 0 spiro atoms. The highest BCUT2D eigenvalue weighted by molar-refractivity contribution is 9.10. The van der Waals surface area contributed by atoms with Crippen LogP contribution < -0.4 is 4.90 Å². The third-order valence-corrected chi connectivity index (χ3v) is 4.42. The number of benzene rings is 1. The zero-order valence-electron chi connectivity index (χ0n) is 11.4. The summed E-state index contributed by atoms with van der Waals surface area (Å²) < 4.78 is 0.979. The van der Waals surface area contributed by atoms with E-state index >= 15 is 0 Å². The molecule has 0 radical (unpaired) electrons. The lowest BCUT2D eigenvalue weighted by Gasteiger charge is -2.24. The molecule has 1 amide bonds. The highest BCUT2D eigenvalue weighted by Gasteiger charge is 2.42. The molecule has 20 heavy (non-hydrogen) atoms. The number of hydrogen-bond acceptors (Lipinski definition) is 2. The second kappa shape index (κ2) is 4.70. The van der Waals surface area contributed by atoms with E-state index in [1.165, 1.54) is 0 Å². The molecule has 0 saturated carbocycles. The van der Waals surface area contributed by atoms with Gasteiger partial charge in [-0.05, 0) is 36.8 Å². The van der Waals surface area contributed by atoms with E-state index in [1.807, 2.05) is 35.2 Å². The van der Waals surface area contributed by atoms with Gasteiger partial charge >= 0.3 is 0 Å². The average molecular weight is 331 g/mol. The number of pyridine rings is 1. The van der Waals surface area contributed by atoms with Gasteiger partial charge < -0.3 is 4.90 Å². The predicted octanol–water partition coefficient (Wildman–Crippen LogP) is 3.52. The third kappa shape index (κ3) is 1.95. The van der Waals surface area contributed by atoms with Crippen LogP contribution in [0, 0.1) is 0 Å². The molecule has 1 aromatic carbocycles. The van der Waals surface area contributed by atoms with Gasteiger partial charge in [-0.3, -0.25) is 9.78 Å². The van der Waals surface area contributed by atoms with Crippen molar-refractivity contribution in [1.29, 1.82) is 0 Å². The van der Waals surface area contributed by atoms with Gasteiger partial charge in [-0.2, -0.15) is 0 Å². The molecule has 1 aliphatic rings. The van der Waals surface area contributed by atoms with Crippen LogP contribution in [0.15, 0.2) is 47.1 Å². The lowest BCUT2D eigenvalue weighted by atomic mass is 9.81. The molecule has 102 valence electrons. The van der Waals surface area contributed by atoms with Crippen molar-refractivity contribution < 1.29 is 4.79 Å². The summed E-state index contributed by atoms with van der Waals surface area (Å²) in [6, 6.07) is 12.0. The maximum absolute atomic E-state index is 11.9. The molecule has 2 aromatic rings. The monoisotopic (exact) mass is 330 g/mol. The summed E-state index contributed by atoms with van der Waals surface area (Å²) in [5.41, 5.74) is 2.85. The molecule has 0 saturated heterocycles. The number of carbonyl (C=O) groups excluding carboxylic acids is 1. The van der Waals surface area contributed by atoms with Crippen molar-refractivity contribution >= 4 is 27.5 Å². The van der Waals surface area contributed by atoms with Crippen LogP contribution in [-0.2, 0) is 10.2 Å². The average Bonchev–Trinajstić information content (AvgIpc) is 2.74. The topological polar surface area (TPSA) is 33.2 Å². The molecule has 3 rings (SSSR count). The third-order valence-electron chi connectivity index (χ3n) is 3.93. The fourth-order valence-electron chi connectivity index (χ4n) is 2.87. The summed E-state index contributed by atoms with van der Waals surface area (Å²) in [7, 11) is 0. The SMILES string of the molecule is CC(=O)N1CC(C)(c2ccccn2)c2ccc(Br)cc21. The highest BCUT2D eigenvalue weighted by atomic mass is 79.9. The van der Waals surface area contributed by atoms with Crippen LogP contribution in [0.3, 0.4) is 0 Å². The summed E-state index contributed by atoms with van der Waals surface area (Å²) in [6.45, 7) is 4.38. The first-order chi connectivity index (χ1) is 9.52. The Labute approximate surface area is 126 Å². The Hall–Kier alpha value is -1.68. The molecule has 1 aliphatic heterocycles. The van der Waals surface area contributed by atoms with Crippen molar-refractivity contribution in [2.24, 2.45) is 0 Å². The van der Waals surface area contributed by atoms with Crippen LogP contribution in [0.25, 0.3) is 0 Å². The Morgan fingerprint density at radius 1 is 1.35 bits per heavy atom. The molecular formula is C16H15BrN2O. The summed E-state index contributed by atoms with van der Waals surface area (Å²) in [6.07, 6.45) is 1.80. The number of nitrogens with zero attached hydrogens (tertiary/aromatic N) is 2. The van der Waals surface area contributed by atoms with Crippen molar-refractivity contribution in [2.45, 2.75) is 19.3 Å². The van der Waals surface area contributed by atoms with E-state index < -0.39 is 0 Å². The van der Waals surface area contributed by atoms with Gasteiger partial charge in [-0.25, -0.2) is 0 Å². The molecule has 1 atom stereocenters. The van der Waals surface area contributed by atoms with Gasteiger partial charge in [0.2, 0.25) is 5.91 Å². The number of hydrogen-bond donors (Lipinski definition) is 0. The Balaban J connectivity index is 2.20. The van der Waals surface area contributed by atoms with Crippen LogP contribution in [0.1, 0.15) is 25.1 Å². The number of aromatic nitrogens is 1. The first-order valence-electron chi connectivity index (χ1n) is 6.52. The largest absolute Gasteiger partial charge is 0.311 e. The molecule has 0 bridgehead atoms. The van der Waals surface area contributed by atoms with E-state index in [0.717, 1.165) is 21.4 Å². The van der Waals surface area contributed by atoms with Crippen molar-refractivity contribution in [3.8, 4) is 0 Å². The zero-order valence-corrected chi connectivity index (χ0v) is 13.0. The smallest absolute Gasteiger partial charge is 0.223 e. The van der Waals surface area contributed by atoms with Crippen LogP contribution >= 0.6 is 15.9 Å². The number of amides is 1. The van der Waals surface area contributed by atoms with E-state index in [-0.39, 0.29) is 11.3 Å². The number of carbonyl (C=O) groups is 1. The molecule has 1 aromatic heterocycles. The molecule has 1 unspecified atom stereocenters. The zero-order chi connectivity index (χ0) is 14.3. The van der Waals surface area contributed by atoms with Gasteiger partial charge in [0.05, 0.1) is 11.1 Å². The van der Waals surface area contributed by atoms with E-state index in [9.17, 15) is 4.79 Å². The lowest BCUT2D eigenvalue weighted by Crippen LogP contribution is -2.35. The number of fused-ring (bicyclic) bond motifs is 1. The number of anilines is 1. The molecule has 2 heterocycles. The van der Waals surface area contributed by atoms with Crippen LogP contribution in [0.4, 0.5) is 5.69 Å². The van der Waals surface area contributed by atoms with Gasteiger partial charge in [0.15, 0.2) is 0 Å². The molecule has 3 nitrogen and oxygen atoms in total. The number of rotatable bonds is 1. The Morgan fingerprint density at radius 3 is 2.80 bits per heavy atom. The minimum Gasteiger partial charge on any atom is -0.311 e. The van der Waals surface area contributed by atoms with E-state index in [2.05, 4.69) is 33.9 Å². The standard InChI is InChI=1S/C16H15BrN2O/c1-11(20)19-10-16(2,15-5-3-4-8-18-15)13-7-6-12(17)9-14(13)19/h3-9H,10H2,1-2H3. The molecule has 4 heteroatoms. The quantitative estimate of drug-likeness (QED) is 0.801. The summed E-state index contributed by atoms with van der Waals surface area (Å²) >= 11 is 3.48. The van der Waals surface area contributed by atoms with Crippen LogP contribution in [-0.4, -0.2) is 17.4 Å². The van der Waals surface area contributed by atoms with Crippen molar-refractivity contribution in [3.05, 3.63) is 58.3 Å². The molecule has 0 fully saturated rings. The lowest BCUT2D eigenvalue weighted by molar-refractivity contribution is -0.116. The van der Waals surface area contributed by atoms with Crippen molar-refractivity contribution in [1.82, 2.24) is 4.98 Å². The minimum absolute atomic E-state index is 0.0593. The molecular weight excluding hydrogens is 316 g/mol. The van der Waals surface area contributed by atoms with Gasteiger partial charge in [0.25, 0.3) is 0 Å². The van der Waals surface area contributed by atoms with E-state index in [0.29, 0.717) is 6.54 Å². The Bertz CT molecular complexity index is 671. The van der Waals surface area contributed by atoms with Crippen LogP contribution in [0.2, 0.25) is 0 Å². The van der Waals surface area contributed by atoms with Gasteiger partial charge in [0, 0.05) is 29.8 Å². The van der Waals surface area contributed by atoms with Gasteiger partial charge in [-0.15, -0.1) is 0 Å². The van der Waals surface area contributed by atoms with E-state index in [1.54, 1.807) is 13.1 Å². The Morgan fingerprint density at radius 2 is 2.15 bits per heavy atom.